The highest BCUT2D eigenvalue weighted by molar-refractivity contribution is 6.32. The van der Waals surface area contributed by atoms with Gasteiger partial charge in [0.15, 0.2) is 0 Å². The number of rotatable bonds is 5. The first kappa shape index (κ1) is 19.7. The van der Waals surface area contributed by atoms with Crippen LogP contribution in [-0.2, 0) is 6.42 Å². The van der Waals surface area contributed by atoms with Gasteiger partial charge in [0.05, 0.1) is 16.8 Å². The number of β-amino-alcohol motifs (C(OH)–C–C–N with tert-alkyl or cyclic N) is 1. The molecule has 1 saturated heterocycles. The summed E-state index contributed by atoms with van der Waals surface area (Å²) in [6.07, 6.45) is 0.182. The van der Waals surface area contributed by atoms with Gasteiger partial charge in [-0.25, -0.2) is 9.67 Å². The van der Waals surface area contributed by atoms with Crippen LogP contribution in [0.15, 0.2) is 24.3 Å². The third-order valence-corrected chi connectivity index (χ3v) is 4.42. The number of aromatic nitrogens is 3. The number of aliphatic hydroxyl groups is 1. The van der Waals surface area contributed by atoms with Crippen LogP contribution in [0.2, 0.25) is 5.02 Å². The summed E-state index contributed by atoms with van der Waals surface area (Å²) in [7, 11) is 0. The van der Waals surface area contributed by atoms with Crippen LogP contribution in [0, 0.1) is 5.92 Å². The van der Waals surface area contributed by atoms with Crippen LogP contribution >= 0.6 is 24.0 Å². The third kappa shape index (κ3) is 4.30. The van der Waals surface area contributed by atoms with Gasteiger partial charge in [0.2, 0.25) is 5.82 Å². The van der Waals surface area contributed by atoms with E-state index in [0.717, 1.165) is 0 Å². The van der Waals surface area contributed by atoms with E-state index in [4.69, 9.17) is 11.6 Å². The van der Waals surface area contributed by atoms with E-state index in [2.05, 4.69) is 20.7 Å². The molecule has 0 aliphatic carbocycles. The number of halogens is 2. The largest absolute Gasteiger partial charge is 0.391 e. The fourth-order valence-corrected chi connectivity index (χ4v) is 2.93. The Kier molecular flexibility index (Phi) is 6.78. The van der Waals surface area contributed by atoms with Gasteiger partial charge >= 0.3 is 0 Å². The Labute approximate surface area is 157 Å². The second-order valence-corrected chi connectivity index (χ2v) is 6.17. The summed E-state index contributed by atoms with van der Waals surface area (Å²) in [5.41, 5.74) is 0.693. The first-order valence-corrected chi connectivity index (χ1v) is 8.35. The SMILES string of the molecule is CCc1nc(C(=O)NCC2CNCC2O)nn1-c1ccccc1Cl.Cl. The Morgan fingerprint density at radius 1 is 1.44 bits per heavy atom. The average molecular weight is 386 g/mol. The highest BCUT2D eigenvalue weighted by Gasteiger charge is 2.26. The first-order valence-electron chi connectivity index (χ1n) is 7.98. The normalized spacial score (nSPS) is 19.5. The lowest BCUT2D eigenvalue weighted by molar-refractivity contribution is 0.0917. The number of benzene rings is 1. The second kappa shape index (κ2) is 8.62. The summed E-state index contributed by atoms with van der Waals surface area (Å²) in [6.45, 7) is 3.57. The van der Waals surface area contributed by atoms with Gasteiger partial charge in [0, 0.05) is 32.0 Å². The molecule has 0 saturated carbocycles. The lowest BCUT2D eigenvalue weighted by Crippen LogP contribution is -2.34. The zero-order chi connectivity index (χ0) is 17.1. The van der Waals surface area contributed by atoms with Crippen LogP contribution in [0.3, 0.4) is 0 Å². The van der Waals surface area contributed by atoms with Crippen molar-refractivity contribution in [2.75, 3.05) is 19.6 Å². The molecule has 1 amide bonds. The lowest BCUT2D eigenvalue weighted by atomic mass is 10.1. The van der Waals surface area contributed by atoms with Crippen LogP contribution in [0.1, 0.15) is 23.4 Å². The predicted octanol–water partition coefficient (Wildman–Crippen LogP) is 1.22. The van der Waals surface area contributed by atoms with Crippen LogP contribution in [0.4, 0.5) is 0 Å². The lowest BCUT2D eigenvalue weighted by Gasteiger charge is -2.12. The van der Waals surface area contributed by atoms with Gasteiger partial charge in [-0.15, -0.1) is 17.5 Å². The number of hydrogen-bond acceptors (Lipinski definition) is 5. The number of hydrogen-bond donors (Lipinski definition) is 3. The van der Waals surface area contributed by atoms with Crippen LogP contribution in [0.5, 0.6) is 0 Å². The molecule has 1 aliphatic rings. The van der Waals surface area contributed by atoms with E-state index in [1.807, 2.05) is 25.1 Å². The third-order valence-electron chi connectivity index (χ3n) is 4.10. The smallest absolute Gasteiger partial charge is 0.290 e. The van der Waals surface area contributed by atoms with E-state index in [-0.39, 0.29) is 30.1 Å². The maximum atomic E-state index is 12.3. The van der Waals surface area contributed by atoms with Crippen molar-refractivity contribution in [2.45, 2.75) is 19.4 Å². The molecule has 1 aliphatic heterocycles. The zero-order valence-electron chi connectivity index (χ0n) is 13.8. The summed E-state index contributed by atoms with van der Waals surface area (Å²) in [5, 5.41) is 20.5. The minimum Gasteiger partial charge on any atom is -0.391 e. The molecular weight excluding hydrogens is 365 g/mol. The molecular formula is C16H21Cl2N5O2. The summed E-state index contributed by atoms with van der Waals surface area (Å²) < 4.78 is 1.60. The van der Waals surface area contributed by atoms with E-state index in [9.17, 15) is 9.90 Å². The summed E-state index contributed by atoms with van der Waals surface area (Å²) in [5.74, 6) is 0.419. The van der Waals surface area contributed by atoms with Gasteiger partial charge in [-0.3, -0.25) is 4.79 Å². The molecule has 0 bridgehead atoms. The van der Waals surface area contributed by atoms with Crippen molar-refractivity contribution in [1.29, 1.82) is 0 Å². The van der Waals surface area contributed by atoms with E-state index in [1.165, 1.54) is 0 Å². The van der Waals surface area contributed by atoms with E-state index in [0.29, 0.717) is 42.6 Å². The van der Waals surface area contributed by atoms with Crippen molar-refractivity contribution in [3.05, 3.63) is 40.9 Å². The molecule has 1 aromatic heterocycles. The standard InChI is InChI=1S/C16H20ClN5O2.ClH/c1-2-14-20-15(16(24)19-8-10-7-18-9-13(10)23)21-22(14)12-6-4-3-5-11(12)17;/h3-6,10,13,18,23H,2,7-9H2,1H3,(H,19,24);1H. The molecule has 2 aromatic rings. The molecule has 2 unspecified atom stereocenters. The molecule has 3 rings (SSSR count). The quantitative estimate of drug-likeness (QED) is 0.719. The molecule has 0 radical (unpaired) electrons. The van der Waals surface area contributed by atoms with Crippen molar-refractivity contribution in [3.63, 3.8) is 0 Å². The fourth-order valence-electron chi connectivity index (χ4n) is 2.72. The van der Waals surface area contributed by atoms with Gasteiger partial charge in [0.1, 0.15) is 5.82 Å². The monoisotopic (exact) mass is 385 g/mol. The van der Waals surface area contributed by atoms with Gasteiger partial charge in [0.25, 0.3) is 5.91 Å². The average Bonchev–Trinajstić information content (AvgIpc) is 3.19. The Bertz CT molecular complexity index is 737. The number of amides is 1. The van der Waals surface area contributed by atoms with E-state index >= 15 is 0 Å². The van der Waals surface area contributed by atoms with Crippen LogP contribution in [-0.4, -0.2) is 51.5 Å². The van der Waals surface area contributed by atoms with Gasteiger partial charge in [-0.05, 0) is 12.1 Å². The van der Waals surface area contributed by atoms with Crippen molar-refractivity contribution in [2.24, 2.45) is 5.92 Å². The maximum absolute atomic E-state index is 12.3. The number of carbonyl (C=O) groups is 1. The van der Waals surface area contributed by atoms with Gasteiger partial charge in [-0.2, -0.15) is 0 Å². The molecule has 25 heavy (non-hydrogen) atoms. The molecule has 1 aromatic carbocycles. The molecule has 3 N–H and O–H groups in total. The van der Waals surface area contributed by atoms with Crippen molar-refractivity contribution in [3.8, 4) is 5.69 Å². The Hall–Kier alpha value is -1.67. The van der Waals surface area contributed by atoms with E-state index < -0.39 is 6.10 Å². The first-order chi connectivity index (χ1) is 11.6. The van der Waals surface area contributed by atoms with Gasteiger partial charge in [-0.1, -0.05) is 30.7 Å². The second-order valence-electron chi connectivity index (χ2n) is 5.76. The Morgan fingerprint density at radius 2 is 2.20 bits per heavy atom. The van der Waals surface area contributed by atoms with Crippen LogP contribution in [0.25, 0.3) is 5.69 Å². The minimum atomic E-state index is -0.440. The molecule has 7 nitrogen and oxygen atoms in total. The van der Waals surface area contributed by atoms with E-state index in [1.54, 1.807) is 10.7 Å². The fraction of sp³-hybridized carbons (Fsp3) is 0.438. The number of nitrogens with one attached hydrogen (secondary N) is 2. The highest BCUT2D eigenvalue weighted by atomic mass is 35.5. The number of para-hydroxylation sites is 1. The Balaban J connectivity index is 0.00000225. The Morgan fingerprint density at radius 3 is 2.84 bits per heavy atom. The summed E-state index contributed by atoms with van der Waals surface area (Å²) in [4.78, 5) is 16.6. The predicted molar refractivity (Wildman–Crippen MR) is 97.7 cm³/mol. The number of aliphatic hydroxyl groups excluding tert-OH is 1. The van der Waals surface area contributed by atoms with Gasteiger partial charge < -0.3 is 15.7 Å². The molecule has 136 valence electrons. The molecule has 2 atom stereocenters. The number of aryl methyl sites for hydroxylation is 1. The molecule has 1 fully saturated rings. The topological polar surface area (TPSA) is 92.1 Å². The van der Waals surface area contributed by atoms with Crippen molar-refractivity contribution in [1.82, 2.24) is 25.4 Å². The highest BCUT2D eigenvalue weighted by Crippen LogP contribution is 2.20. The maximum Gasteiger partial charge on any atom is 0.290 e. The molecule has 9 heteroatoms. The minimum absolute atomic E-state index is 0. The van der Waals surface area contributed by atoms with Crippen molar-refractivity contribution < 1.29 is 9.90 Å². The number of carbonyl (C=O) groups excluding carboxylic acids is 1. The summed E-state index contributed by atoms with van der Waals surface area (Å²) in [6, 6.07) is 7.30. The van der Waals surface area contributed by atoms with Crippen molar-refractivity contribution >= 4 is 29.9 Å². The molecule has 0 spiro atoms. The summed E-state index contributed by atoms with van der Waals surface area (Å²) >= 11 is 6.22. The zero-order valence-corrected chi connectivity index (χ0v) is 15.3. The number of nitrogens with zero attached hydrogens (tertiary/aromatic N) is 3. The van der Waals surface area contributed by atoms with Crippen LogP contribution < -0.4 is 10.6 Å². The molecule has 2 heterocycles.